The molecular formula is C8H16O2Si. The molecule has 0 N–H and O–H groups in total. The fourth-order valence-electron chi connectivity index (χ4n) is 0.876. The first-order valence-electron chi connectivity index (χ1n) is 3.62. The van der Waals surface area contributed by atoms with Crippen LogP contribution in [0.1, 0.15) is 13.8 Å². The first kappa shape index (κ1) is 10.6. The van der Waals surface area contributed by atoms with Gasteiger partial charge in [-0.3, -0.25) is 0 Å². The largest absolute Gasteiger partial charge is 0.392 e. The molecule has 64 valence electrons. The van der Waals surface area contributed by atoms with E-state index >= 15 is 0 Å². The highest BCUT2D eigenvalue weighted by Crippen LogP contribution is 2.08. The Hall–Kier alpha value is -0.383. The van der Waals surface area contributed by atoms with E-state index < -0.39 is 8.56 Å². The number of allylic oxidation sites excluding steroid dienone is 2. The molecule has 0 atom stereocenters. The molecule has 0 aromatic rings. The van der Waals surface area contributed by atoms with Gasteiger partial charge in [-0.25, -0.2) is 0 Å². The summed E-state index contributed by atoms with van der Waals surface area (Å²) in [7, 11) is 1.25. The lowest BCUT2D eigenvalue weighted by Gasteiger charge is -2.19. The van der Waals surface area contributed by atoms with Crippen LogP contribution in [0.25, 0.3) is 0 Å². The Bertz CT molecular complexity index is 134. The van der Waals surface area contributed by atoms with Crippen LogP contribution in [0.15, 0.2) is 23.6 Å². The van der Waals surface area contributed by atoms with E-state index in [1.54, 1.807) is 14.2 Å². The molecule has 2 nitrogen and oxygen atoms in total. The van der Waals surface area contributed by atoms with Crippen molar-refractivity contribution in [3.8, 4) is 0 Å². The Morgan fingerprint density at radius 3 is 1.45 bits per heavy atom. The summed E-state index contributed by atoms with van der Waals surface area (Å²) in [6.07, 6.45) is 3.92. The minimum Gasteiger partial charge on any atom is -0.392 e. The molecule has 11 heavy (non-hydrogen) atoms. The SMILES string of the molecule is CC=C[Si](C=CC)(OC)OC. The highest BCUT2D eigenvalue weighted by atomic mass is 28.4. The number of rotatable bonds is 4. The Kier molecular flexibility index (Phi) is 5.11. The standard InChI is InChI=1S/C8H16O2Si/c1-5-7-11(9-3,10-4)8-6-2/h5-8H,1-4H3. The summed E-state index contributed by atoms with van der Waals surface area (Å²) in [5.74, 6) is 0. The van der Waals surface area contributed by atoms with Crippen molar-refractivity contribution in [3.05, 3.63) is 23.6 Å². The zero-order chi connectivity index (χ0) is 8.74. The van der Waals surface area contributed by atoms with Gasteiger partial charge in [0.25, 0.3) is 0 Å². The van der Waals surface area contributed by atoms with E-state index in [4.69, 9.17) is 8.85 Å². The minimum atomic E-state index is -2.10. The van der Waals surface area contributed by atoms with Gasteiger partial charge in [0.2, 0.25) is 0 Å². The first-order valence-corrected chi connectivity index (χ1v) is 5.59. The Morgan fingerprint density at radius 1 is 0.909 bits per heavy atom. The summed E-state index contributed by atoms with van der Waals surface area (Å²) in [6, 6.07) is 0. The summed E-state index contributed by atoms with van der Waals surface area (Å²) in [5, 5.41) is 0. The Morgan fingerprint density at radius 2 is 1.27 bits per heavy atom. The molecule has 0 aromatic heterocycles. The van der Waals surface area contributed by atoms with Crippen LogP contribution in [0.3, 0.4) is 0 Å². The minimum absolute atomic E-state index is 1.68. The van der Waals surface area contributed by atoms with Crippen LogP contribution in [0.2, 0.25) is 0 Å². The molecule has 0 saturated carbocycles. The van der Waals surface area contributed by atoms with Crippen LogP contribution < -0.4 is 0 Å². The van der Waals surface area contributed by atoms with Gasteiger partial charge in [0, 0.05) is 14.2 Å². The van der Waals surface area contributed by atoms with Gasteiger partial charge >= 0.3 is 8.56 Å². The van der Waals surface area contributed by atoms with Gasteiger partial charge in [0.05, 0.1) is 0 Å². The topological polar surface area (TPSA) is 18.5 Å². The van der Waals surface area contributed by atoms with Gasteiger partial charge in [0.15, 0.2) is 0 Å². The first-order chi connectivity index (χ1) is 5.24. The average Bonchev–Trinajstić information content (AvgIpc) is 2.04. The van der Waals surface area contributed by atoms with Crippen molar-refractivity contribution >= 4 is 8.56 Å². The molecular weight excluding hydrogens is 156 g/mol. The maximum Gasteiger partial charge on any atom is 0.390 e. The lowest BCUT2D eigenvalue weighted by molar-refractivity contribution is 0.269. The summed E-state index contributed by atoms with van der Waals surface area (Å²) in [5.41, 5.74) is 3.99. The normalized spacial score (nSPS) is 13.5. The van der Waals surface area contributed by atoms with Gasteiger partial charge in [-0.05, 0) is 25.2 Å². The smallest absolute Gasteiger partial charge is 0.390 e. The summed E-state index contributed by atoms with van der Waals surface area (Å²) in [4.78, 5) is 0. The molecule has 0 heterocycles. The van der Waals surface area contributed by atoms with Crippen LogP contribution in [0.4, 0.5) is 0 Å². The van der Waals surface area contributed by atoms with E-state index in [2.05, 4.69) is 0 Å². The van der Waals surface area contributed by atoms with Crippen molar-refractivity contribution in [2.45, 2.75) is 13.8 Å². The van der Waals surface area contributed by atoms with E-state index in [9.17, 15) is 0 Å². The molecule has 0 aliphatic carbocycles. The summed E-state index contributed by atoms with van der Waals surface area (Å²) >= 11 is 0. The van der Waals surface area contributed by atoms with Crippen LogP contribution in [0.5, 0.6) is 0 Å². The van der Waals surface area contributed by atoms with Gasteiger partial charge in [-0.15, -0.1) is 0 Å². The highest BCUT2D eigenvalue weighted by Gasteiger charge is 2.27. The molecule has 0 aliphatic rings. The molecule has 0 radical (unpaired) electrons. The number of hydrogen-bond acceptors (Lipinski definition) is 2. The molecule has 0 unspecified atom stereocenters. The zero-order valence-electron chi connectivity index (χ0n) is 7.63. The van der Waals surface area contributed by atoms with E-state index in [-0.39, 0.29) is 0 Å². The van der Waals surface area contributed by atoms with E-state index in [0.29, 0.717) is 0 Å². The molecule has 0 aromatic carbocycles. The predicted octanol–water partition coefficient (Wildman–Crippen LogP) is 1.95. The lowest BCUT2D eigenvalue weighted by Crippen LogP contribution is -2.36. The monoisotopic (exact) mass is 172 g/mol. The van der Waals surface area contributed by atoms with Crippen molar-refractivity contribution in [1.82, 2.24) is 0 Å². The van der Waals surface area contributed by atoms with Crippen molar-refractivity contribution in [3.63, 3.8) is 0 Å². The molecule has 0 fully saturated rings. The van der Waals surface area contributed by atoms with Crippen LogP contribution in [0, 0.1) is 0 Å². The molecule has 0 amide bonds. The molecule has 0 rings (SSSR count). The maximum absolute atomic E-state index is 5.31. The summed E-state index contributed by atoms with van der Waals surface area (Å²) < 4.78 is 10.6. The van der Waals surface area contributed by atoms with Crippen molar-refractivity contribution < 1.29 is 8.85 Å². The van der Waals surface area contributed by atoms with Crippen LogP contribution >= 0.6 is 0 Å². The van der Waals surface area contributed by atoms with E-state index in [1.807, 2.05) is 37.4 Å². The Labute approximate surface area is 69.8 Å². The van der Waals surface area contributed by atoms with Crippen molar-refractivity contribution in [2.24, 2.45) is 0 Å². The van der Waals surface area contributed by atoms with Crippen molar-refractivity contribution in [1.29, 1.82) is 0 Å². The summed E-state index contributed by atoms with van der Waals surface area (Å²) in [6.45, 7) is 3.92. The molecule has 0 spiro atoms. The third-order valence-electron chi connectivity index (χ3n) is 1.44. The lowest BCUT2D eigenvalue weighted by atomic mass is 10.8. The molecule has 0 saturated heterocycles. The Balaban J connectivity index is 4.45. The highest BCUT2D eigenvalue weighted by molar-refractivity contribution is 6.77. The van der Waals surface area contributed by atoms with E-state index in [0.717, 1.165) is 0 Å². The number of hydrogen-bond donors (Lipinski definition) is 0. The molecule has 3 heteroatoms. The fraction of sp³-hybridized carbons (Fsp3) is 0.500. The second kappa shape index (κ2) is 5.29. The second-order valence-electron chi connectivity index (χ2n) is 2.13. The zero-order valence-corrected chi connectivity index (χ0v) is 8.63. The second-order valence-corrected chi connectivity index (χ2v) is 5.06. The fourth-order valence-corrected chi connectivity index (χ4v) is 2.63. The molecule has 0 aliphatic heterocycles. The molecule has 0 bridgehead atoms. The maximum atomic E-state index is 5.31. The van der Waals surface area contributed by atoms with Crippen LogP contribution in [-0.4, -0.2) is 22.8 Å². The van der Waals surface area contributed by atoms with Gasteiger partial charge in [-0.2, -0.15) is 0 Å². The van der Waals surface area contributed by atoms with Gasteiger partial charge < -0.3 is 8.85 Å². The third-order valence-corrected chi connectivity index (χ3v) is 4.31. The van der Waals surface area contributed by atoms with Crippen molar-refractivity contribution in [2.75, 3.05) is 14.2 Å². The van der Waals surface area contributed by atoms with E-state index in [1.165, 1.54) is 0 Å². The van der Waals surface area contributed by atoms with Gasteiger partial charge in [-0.1, -0.05) is 12.2 Å². The average molecular weight is 172 g/mol. The predicted molar refractivity (Wildman–Crippen MR) is 49.4 cm³/mol. The quantitative estimate of drug-likeness (QED) is 0.603. The van der Waals surface area contributed by atoms with Gasteiger partial charge in [0.1, 0.15) is 0 Å². The van der Waals surface area contributed by atoms with Crippen LogP contribution in [-0.2, 0) is 8.85 Å². The third kappa shape index (κ3) is 3.01.